The number of carbonyl (C=O) groups is 1. The number of carbonyl (C=O) groups excluding carboxylic acids is 1. The van der Waals surface area contributed by atoms with Crippen LogP contribution in [0.5, 0.6) is 0 Å². The van der Waals surface area contributed by atoms with Crippen LogP contribution in [0.15, 0.2) is 29.2 Å². The molecule has 0 bridgehead atoms. The van der Waals surface area contributed by atoms with Gasteiger partial charge in [0, 0.05) is 37.9 Å². The Kier molecular flexibility index (Phi) is 4.54. The molecular formula is C21H28N4O2. The first-order valence-corrected chi connectivity index (χ1v) is 9.90. The summed E-state index contributed by atoms with van der Waals surface area (Å²) in [4.78, 5) is 34.5. The molecule has 0 aromatic carbocycles. The number of likely N-dealkylation sites (tertiary alicyclic amines) is 2. The van der Waals surface area contributed by atoms with Gasteiger partial charge in [-0.15, -0.1) is 0 Å². The molecule has 1 spiro atoms. The summed E-state index contributed by atoms with van der Waals surface area (Å²) in [5.41, 5.74) is 2.26. The Bertz CT molecular complexity index is 935. The Balaban J connectivity index is 1.54. The van der Waals surface area contributed by atoms with E-state index in [1.807, 2.05) is 24.0 Å². The zero-order valence-electron chi connectivity index (χ0n) is 16.4. The van der Waals surface area contributed by atoms with Gasteiger partial charge in [0.1, 0.15) is 5.65 Å². The average Bonchev–Trinajstić information content (AvgIpc) is 3.00. The molecule has 6 heteroatoms. The summed E-state index contributed by atoms with van der Waals surface area (Å²) >= 11 is 0. The Labute approximate surface area is 159 Å². The van der Waals surface area contributed by atoms with Gasteiger partial charge in [-0.25, -0.2) is 4.98 Å². The van der Waals surface area contributed by atoms with Crippen LogP contribution in [0.2, 0.25) is 0 Å². The van der Waals surface area contributed by atoms with Gasteiger partial charge in [0.2, 0.25) is 5.91 Å². The fraction of sp³-hybridized carbons (Fsp3) is 0.571. The van der Waals surface area contributed by atoms with E-state index in [4.69, 9.17) is 0 Å². The van der Waals surface area contributed by atoms with E-state index in [1.54, 1.807) is 16.7 Å². The van der Waals surface area contributed by atoms with Crippen molar-refractivity contribution in [2.24, 2.45) is 5.41 Å². The number of fused-ring (bicyclic) bond motifs is 1. The Hall–Kier alpha value is -2.21. The molecule has 0 unspecified atom stereocenters. The first-order chi connectivity index (χ1) is 12.9. The van der Waals surface area contributed by atoms with Crippen molar-refractivity contribution >= 4 is 11.6 Å². The molecule has 144 valence electrons. The number of hydrogen-bond acceptors (Lipinski definition) is 4. The van der Waals surface area contributed by atoms with Gasteiger partial charge in [0.15, 0.2) is 0 Å². The van der Waals surface area contributed by atoms with Crippen molar-refractivity contribution in [2.45, 2.75) is 52.6 Å². The summed E-state index contributed by atoms with van der Waals surface area (Å²) in [6.07, 6.45) is 4.72. The molecule has 0 saturated carbocycles. The molecule has 0 aliphatic carbocycles. The van der Waals surface area contributed by atoms with Crippen molar-refractivity contribution in [1.29, 1.82) is 0 Å². The van der Waals surface area contributed by atoms with Crippen LogP contribution in [0, 0.1) is 12.3 Å². The highest BCUT2D eigenvalue weighted by molar-refractivity contribution is 5.84. The summed E-state index contributed by atoms with van der Waals surface area (Å²) in [7, 11) is 0. The summed E-state index contributed by atoms with van der Waals surface area (Å²) in [6.45, 7) is 9.34. The number of pyridine rings is 1. The van der Waals surface area contributed by atoms with E-state index in [2.05, 4.69) is 23.7 Å². The lowest BCUT2D eigenvalue weighted by atomic mass is 9.78. The van der Waals surface area contributed by atoms with E-state index < -0.39 is 0 Å². The zero-order chi connectivity index (χ0) is 19.2. The predicted octanol–water partition coefficient (Wildman–Crippen LogP) is 2.23. The topological polar surface area (TPSA) is 57.9 Å². The van der Waals surface area contributed by atoms with Crippen molar-refractivity contribution in [2.75, 3.05) is 19.6 Å². The molecule has 27 heavy (non-hydrogen) atoms. The number of nitrogens with zero attached hydrogens (tertiary/aromatic N) is 4. The SMILES string of the molecule is Cc1ccn2c(=O)cc(CN3CC[C@@]4(CCCN(C(C)C)C4=O)C3)nc2c1. The lowest BCUT2D eigenvalue weighted by Crippen LogP contribution is -2.52. The van der Waals surface area contributed by atoms with Gasteiger partial charge in [0.25, 0.3) is 5.56 Å². The van der Waals surface area contributed by atoms with Crippen LogP contribution in [-0.2, 0) is 11.3 Å². The number of amides is 1. The maximum Gasteiger partial charge on any atom is 0.258 e. The third-order valence-electron chi connectivity index (χ3n) is 6.09. The molecule has 2 aromatic heterocycles. The fourth-order valence-electron chi connectivity index (χ4n) is 4.63. The number of piperidine rings is 1. The third-order valence-corrected chi connectivity index (χ3v) is 6.09. The Morgan fingerprint density at radius 3 is 2.78 bits per heavy atom. The Morgan fingerprint density at radius 1 is 1.19 bits per heavy atom. The molecule has 1 amide bonds. The highest BCUT2D eigenvalue weighted by atomic mass is 16.2. The van der Waals surface area contributed by atoms with Crippen molar-refractivity contribution in [1.82, 2.24) is 19.2 Å². The summed E-state index contributed by atoms with van der Waals surface area (Å²) in [5, 5.41) is 0. The van der Waals surface area contributed by atoms with Crippen LogP contribution in [0.4, 0.5) is 0 Å². The molecule has 4 heterocycles. The van der Waals surface area contributed by atoms with Gasteiger partial charge in [-0.1, -0.05) is 0 Å². The van der Waals surface area contributed by atoms with E-state index in [0.717, 1.165) is 50.2 Å². The second-order valence-corrected chi connectivity index (χ2v) is 8.45. The Morgan fingerprint density at radius 2 is 2.00 bits per heavy atom. The quantitative estimate of drug-likeness (QED) is 0.834. The molecule has 0 radical (unpaired) electrons. The van der Waals surface area contributed by atoms with Crippen LogP contribution in [-0.4, -0.2) is 50.8 Å². The summed E-state index contributed by atoms with van der Waals surface area (Å²) in [6, 6.07) is 5.72. The fourth-order valence-corrected chi connectivity index (χ4v) is 4.63. The van der Waals surface area contributed by atoms with Crippen molar-refractivity contribution < 1.29 is 4.79 Å². The van der Waals surface area contributed by atoms with Gasteiger partial charge in [-0.3, -0.25) is 18.9 Å². The van der Waals surface area contributed by atoms with Gasteiger partial charge < -0.3 is 4.90 Å². The molecule has 6 nitrogen and oxygen atoms in total. The zero-order valence-corrected chi connectivity index (χ0v) is 16.4. The molecule has 4 rings (SSSR count). The molecular weight excluding hydrogens is 340 g/mol. The van der Waals surface area contributed by atoms with Crippen LogP contribution in [0.1, 0.15) is 44.4 Å². The minimum atomic E-state index is -0.245. The largest absolute Gasteiger partial charge is 0.340 e. The smallest absolute Gasteiger partial charge is 0.258 e. The molecule has 2 aliphatic heterocycles. The van der Waals surface area contributed by atoms with E-state index >= 15 is 0 Å². The first kappa shape index (κ1) is 18.2. The highest BCUT2D eigenvalue weighted by Gasteiger charge is 2.48. The van der Waals surface area contributed by atoms with Crippen LogP contribution in [0.25, 0.3) is 5.65 Å². The van der Waals surface area contributed by atoms with Crippen molar-refractivity contribution in [3.8, 4) is 0 Å². The maximum atomic E-state index is 13.1. The summed E-state index contributed by atoms with van der Waals surface area (Å²) in [5.74, 6) is 0.313. The standard InChI is InChI=1S/C21H28N4O2/c1-15(2)24-8-4-6-21(20(24)27)7-10-23(14-21)13-17-12-19(26)25-9-5-16(3)11-18(25)22-17/h5,9,11-12,15H,4,6-8,10,13-14H2,1-3H3/t21-/m0/s1. The molecule has 1 atom stereocenters. The first-order valence-electron chi connectivity index (χ1n) is 9.90. The predicted molar refractivity (Wildman–Crippen MR) is 105 cm³/mol. The molecule has 2 fully saturated rings. The maximum absolute atomic E-state index is 13.1. The van der Waals surface area contributed by atoms with Gasteiger partial charge >= 0.3 is 0 Å². The lowest BCUT2D eigenvalue weighted by molar-refractivity contribution is -0.147. The van der Waals surface area contributed by atoms with Gasteiger partial charge in [-0.05, 0) is 64.3 Å². The normalized spacial score (nSPS) is 23.9. The van der Waals surface area contributed by atoms with Crippen LogP contribution < -0.4 is 5.56 Å². The minimum Gasteiger partial charge on any atom is -0.340 e. The highest BCUT2D eigenvalue weighted by Crippen LogP contribution is 2.40. The van der Waals surface area contributed by atoms with E-state index in [-0.39, 0.29) is 17.0 Å². The molecule has 2 aliphatic rings. The van der Waals surface area contributed by atoms with E-state index in [1.165, 1.54) is 0 Å². The molecule has 2 aromatic rings. The van der Waals surface area contributed by atoms with Crippen molar-refractivity contribution in [3.05, 3.63) is 46.0 Å². The van der Waals surface area contributed by atoms with E-state index in [0.29, 0.717) is 18.1 Å². The van der Waals surface area contributed by atoms with Crippen LogP contribution in [0.3, 0.4) is 0 Å². The summed E-state index contributed by atoms with van der Waals surface area (Å²) < 4.78 is 1.58. The van der Waals surface area contributed by atoms with Gasteiger partial charge in [-0.2, -0.15) is 0 Å². The monoisotopic (exact) mass is 368 g/mol. The third kappa shape index (κ3) is 3.27. The number of rotatable bonds is 3. The average molecular weight is 368 g/mol. The second kappa shape index (κ2) is 6.75. The van der Waals surface area contributed by atoms with Crippen molar-refractivity contribution in [3.63, 3.8) is 0 Å². The molecule has 0 N–H and O–H groups in total. The minimum absolute atomic E-state index is 0.0522. The van der Waals surface area contributed by atoms with E-state index in [9.17, 15) is 9.59 Å². The lowest BCUT2D eigenvalue weighted by Gasteiger charge is -2.41. The molecule has 2 saturated heterocycles. The van der Waals surface area contributed by atoms with Gasteiger partial charge in [0.05, 0.1) is 11.1 Å². The second-order valence-electron chi connectivity index (χ2n) is 8.45. The number of aryl methyl sites for hydroxylation is 1. The van der Waals surface area contributed by atoms with Crippen LogP contribution >= 0.6 is 0 Å². The number of aromatic nitrogens is 2. The number of hydrogen-bond donors (Lipinski definition) is 0.